The number of nitriles is 1. The molecule has 2 atom stereocenters. The monoisotopic (exact) mass is 277 g/mol. The Morgan fingerprint density at radius 2 is 2.15 bits per heavy atom. The number of piperidine rings is 1. The Morgan fingerprint density at radius 3 is 2.65 bits per heavy atom. The van der Waals surface area contributed by atoms with Crippen LogP contribution >= 0.6 is 0 Å². The van der Waals surface area contributed by atoms with Gasteiger partial charge in [0.25, 0.3) is 0 Å². The summed E-state index contributed by atoms with van der Waals surface area (Å²) in [7, 11) is 3.82. The highest BCUT2D eigenvalue weighted by molar-refractivity contribution is 5.69. The maximum Gasteiger partial charge on any atom is 0.410 e. The van der Waals surface area contributed by atoms with Crippen LogP contribution in [0.1, 0.15) is 27.2 Å². The molecule has 0 N–H and O–H groups in total. The molecule has 2 aliphatic rings. The molecule has 1 saturated heterocycles. The minimum absolute atomic E-state index is 0.129. The first-order valence-electron chi connectivity index (χ1n) is 6.95. The first-order chi connectivity index (χ1) is 9.18. The molecule has 5 heteroatoms. The summed E-state index contributed by atoms with van der Waals surface area (Å²) < 4.78 is 5.40. The summed E-state index contributed by atoms with van der Waals surface area (Å²) in [5.41, 5.74) is 0.170. The third kappa shape index (κ3) is 2.74. The molecule has 1 aliphatic carbocycles. The maximum absolute atomic E-state index is 12.1. The molecular weight excluding hydrogens is 254 g/mol. The van der Waals surface area contributed by atoms with E-state index in [0.29, 0.717) is 19.0 Å². The maximum atomic E-state index is 12.1. The molecule has 1 heterocycles. The van der Waals surface area contributed by atoms with Crippen LogP contribution in [0.4, 0.5) is 4.79 Å². The molecule has 110 valence electrons. The van der Waals surface area contributed by atoms with Gasteiger partial charge in [0.1, 0.15) is 5.60 Å². The van der Waals surface area contributed by atoms with E-state index in [1.165, 1.54) is 0 Å². The molecule has 2 fully saturated rings. The number of carbonyl (C=O) groups excluding carboxylic acids is 1. The quantitative estimate of drug-likeness (QED) is 0.726. The fourth-order valence-corrected chi connectivity index (χ4v) is 2.89. The lowest BCUT2D eigenvalue weighted by Crippen LogP contribution is -2.37. The lowest BCUT2D eigenvalue weighted by molar-refractivity contribution is 0.0266. The third-order valence-corrected chi connectivity index (χ3v) is 3.84. The molecule has 2 unspecified atom stereocenters. The van der Waals surface area contributed by atoms with Crippen molar-refractivity contribution in [2.45, 2.75) is 32.8 Å². The van der Waals surface area contributed by atoms with Gasteiger partial charge in [0.2, 0.25) is 0 Å². The van der Waals surface area contributed by atoms with Gasteiger partial charge < -0.3 is 14.5 Å². The SMILES string of the molecule is CN(C)C=C(C#N)C12CC1CN(C(=O)OC(C)(C)C)C2. The van der Waals surface area contributed by atoms with E-state index < -0.39 is 5.60 Å². The van der Waals surface area contributed by atoms with Crippen molar-refractivity contribution in [3.63, 3.8) is 0 Å². The Morgan fingerprint density at radius 1 is 1.50 bits per heavy atom. The minimum atomic E-state index is -0.478. The van der Waals surface area contributed by atoms with Crippen LogP contribution in [0.3, 0.4) is 0 Å². The largest absolute Gasteiger partial charge is 0.444 e. The number of nitrogens with zero attached hydrogens (tertiary/aromatic N) is 3. The second kappa shape index (κ2) is 4.69. The molecule has 0 radical (unpaired) electrons. The third-order valence-electron chi connectivity index (χ3n) is 3.84. The van der Waals surface area contributed by atoms with Crippen molar-refractivity contribution in [2.75, 3.05) is 27.2 Å². The van der Waals surface area contributed by atoms with Gasteiger partial charge in [0.05, 0.1) is 11.6 Å². The van der Waals surface area contributed by atoms with Gasteiger partial charge >= 0.3 is 6.09 Å². The topological polar surface area (TPSA) is 56.6 Å². The number of amides is 1. The average molecular weight is 277 g/mol. The van der Waals surface area contributed by atoms with Gasteiger partial charge in [-0.3, -0.25) is 0 Å². The van der Waals surface area contributed by atoms with Gasteiger partial charge in [-0.1, -0.05) is 0 Å². The molecule has 1 aliphatic heterocycles. The van der Waals surface area contributed by atoms with E-state index in [0.717, 1.165) is 12.0 Å². The number of hydrogen-bond donors (Lipinski definition) is 0. The lowest BCUT2D eigenvalue weighted by Gasteiger charge is -2.26. The van der Waals surface area contributed by atoms with Crippen molar-refractivity contribution in [1.29, 1.82) is 5.26 Å². The van der Waals surface area contributed by atoms with Gasteiger partial charge in [0, 0.05) is 38.8 Å². The van der Waals surface area contributed by atoms with Crippen LogP contribution in [0.15, 0.2) is 11.8 Å². The van der Waals surface area contributed by atoms with Crippen molar-refractivity contribution >= 4 is 6.09 Å². The second-order valence-corrected chi connectivity index (χ2v) is 7.04. The first kappa shape index (κ1) is 14.7. The lowest BCUT2D eigenvalue weighted by atomic mass is 9.96. The summed E-state index contributed by atoms with van der Waals surface area (Å²) in [4.78, 5) is 15.7. The fraction of sp³-hybridized carbons (Fsp3) is 0.733. The van der Waals surface area contributed by atoms with Crippen molar-refractivity contribution in [2.24, 2.45) is 11.3 Å². The van der Waals surface area contributed by atoms with Crippen LogP contribution in [-0.4, -0.2) is 48.7 Å². The zero-order valence-corrected chi connectivity index (χ0v) is 12.9. The number of hydrogen-bond acceptors (Lipinski definition) is 4. The van der Waals surface area contributed by atoms with Gasteiger partial charge in [-0.25, -0.2) is 4.79 Å². The Hall–Kier alpha value is -1.70. The summed E-state index contributed by atoms with van der Waals surface area (Å²) in [5, 5.41) is 9.36. The van der Waals surface area contributed by atoms with Gasteiger partial charge in [-0.2, -0.15) is 5.26 Å². The standard InChI is InChI=1S/C15H23N3O2/c1-14(2,3)20-13(19)18-9-11-6-15(11,10-18)12(7-16)8-17(4)5/h8,11H,6,9-10H2,1-5H3. The summed E-state index contributed by atoms with van der Waals surface area (Å²) in [6, 6.07) is 2.31. The van der Waals surface area contributed by atoms with Gasteiger partial charge in [-0.15, -0.1) is 0 Å². The molecule has 0 aromatic rings. The number of ether oxygens (including phenoxy) is 1. The van der Waals surface area contributed by atoms with Crippen molar-refractivity contribution < 1.29 is 9.53 Å². The van der Waals surface area contributed by atoms with E-state index >= 15 is 0 Å². The summed E-state index contributed by atoms with van der Waals surface area (Å²) in [5.74, 6) is 0.404. The van der Waals surface area contributed by atoms with Crippen LogP contribution in [0, 0.1) is 22.7 Å². The minimum Gasteiger partial charge on any atom is -0.444 e. The Labute approximate surface area is 120 Å². The van der Waals surface area contributed by atoms with E-state index in [-0.39, 0.29) is 11.5 Å². The molecular formula is C15H23N3O2. The summed E-state index contributed by atoms with van der Waals surface area (Å²) in [6.07, 6.45) is 2.60. The Balaban J connectivity index is 2.07. The second-order valence-electron chi connectivity index (χ2n) is 7.04. The highest BCUT2D eigenvalue weighted by Crippen LogP contribution is 2.62. The molecule has 2 rings (SSSR count). The van der Waals surface area contributed by atoms with Crippen LogP contribution in [0.2, 0.25) is 0 Å². The molecule has 0 aromatic carbocycles. The fourth-order valence-electron chi connectivity index (χ4n) is 2.89. The molecule has 0 bridgehead atoms. The van der Waals surface area contributed by atoms with Crippen LogP contribution in [0.25, 0.3) is 0 Å². The number of fused-ring (bicyclic) bond motifs is 1. The van der Waals surface area contributed by atoms with Crippen LogP contribution < -0.4 is 0 Å². The van der Waals surface area contributed by atoms with E-state index in [1.54, 1.807) is 4.90 Å². The van der Waals surface area contributed by atoms with Crippen molar-refractivity contribution in [1.82, 2.24) is 9.80 Å². The van der Waals surface area contributed by atoms with Crippen molar-refractivity contribution in [3.05, 3.63) is 11.8 Å². The molecule has 20 heavy (non-hydrogen) atoms. The highest BCUT2D eigenvalue weighted by Gasteiger charge is 2.63. The number of rotatable bonds is 2. The van der Waals surface area contributed by atoms with E-state index in [1.807, 2.05) is 46.0 Å². The smallest absolute Gasteiger partial charge is 0.410 e. The predicted molar refractivity (Wildman–Crippen MR) is 75.7 cm³/mol. The van der Waals surface area contributed by atoms with E-state index in [2.05, 4.69) is 6.07 Å². The number of likely N-dealkylation sites (tertiary alicyclic amines) is 1. The predicted octanol–water partition coefficient (Wildman–Crippen LogP) is 2.21. The molecule has 1 saturated carbocycles. The highest BCUT2D eigenvalue weighted by atomic mass is 16.6. The molecule has 0 spiro atoms. The van der Waals surface area contributed by atoms with Crippen LogP contribution in [0.5, 0.6) is 0 Å². The summed E-state index contributed by atoms with van der Waals surface area (Å²) in [6.45, 7) is 6.89. The van der Waals surface area contributed by atoms with E-state index in [4.69, 9.17) is 4.74 Å². The molecule has 0 aromatic heterocycles. The van der Waals surface area contributed by atoms with Crippen LogP contribution in [-0.2, 0) is 4.74 Å². The van der Waals surface area contributed by atoms with Crippen molar-refractivity contribution in [3.8, 4) is 6.07 Å². The average Bonchev–Trinajstić information content (AvgIpc) is 2.86. The van der Waals surface area contributed by atoms with Gasteiger partial charge in [-0.05, 0) is 33.1 Å². The number of carbonyl (C=O) groups is 1. The molecule has 1 amide bonds. The van der Waals surface area contributed by atoms with Gasteiger partial charge in [0.15, 0.2) is 0 Å². The summed E-state index contributed by atoms with van der Waals surface area (Å²) >= 11 is 0. The normalized spacial score (nSPS) is 28.7. The Kier molecular flexibility index (Phi) is 3.45. The first-order valence-corrected chi connectivity index (χ1v) is 6.95. The van der Waals surface area contributed by atoms with E-state index in [9.17, 15) is 10.1 Å². The zero-order chi connectivity index (χ0) is 15.1. The molecule has 5 nitrogen and oxygen atoms in total. The Bertz CT molecular complexity index is 484. The zero-order valence-electron chi connectivity index (χ0n) is 12.9.